The summed E-state index contributed by atoms with van der Waals surface area (Å²) in [5.41, 5.74) is 3.05. The van der Waals surface area contributed by atoms with Gasteiger partial charge >= 0.3 is 5.97 Å². The number of hydrogen-bond donors (Lipinski definition) is 1. The summed E-state index contributed by atoms with van der Waals surface area (Å²) in [7, 11) is 3.48. The van der Waals surface area contributed by atoms with Crippen LogP contribution in [-0.2, 0) is 16.0 Å². The van der Waals surface area contributed by atoms with Crippen molar-refractivity contribution >= 4 is 16.9 Å². The summed E-state index contributed by atoms with van der Waals surface area (Å²) in [5, 5.41) is 10.6. The number of benzene rings is 1. The molecule has 124 valence electrons. The van der Waals surface area contributed by atoms with Gasteiger partial charge in [-0.3, -0.25) is 4.79 Å². The molecule has 1 aromatic carbocycles. The normalized spacial score (nSPS) is 29.0. The van der Waals surface area contributed by atoms with Gasteiger partial charge in [0.25, 0.3) is 0 Å². The highest BCUT2D eigenvalue weighted by molar-refractivity contribution is 5.88. The van der Waals surface area contributed by atoms with E-state index in [0.717, 1.165) is 11.9 Å². The van der Waals surface area contributed by atoms with Gasteiger partial charge in [-0.05, 0) is 37.1 Å². The van der Waals surface area contributed by atoms with Crippen LogP contribution in [0.3, 0.4) is 0 Å². The molecule has 0 saturated carbocycles. The first kappa shape index (κ1) is 15.2. The highest BCUT2D eigenvalue weighted by atomic mass is 16.5. The molecule has 2 aliphatic rings. The number of carbonyl (C=O) groups is 1. The number of rotatable bonds is 2. The van der Waals surface area contributed by atoms with Crippen molar-refractivity contribution in [2.45, 2.75) is 31.2 Å². The van der Waals surface area contributed by atoms with Crippen LogP contribution in [0.2, 0.25) is 0 Å². The zero-order valence-electron chi connectivity index (χ0n) is 14.0. The van der Waals surface area contributed by atoms with Crippen molar-refractivity contribution in [1.82, 2.24) is 9.88 Å². The second kappa shape index (κ2) is 5.35. The minimum atomic E-state index is -0.741. The van der Waals surface area contributed by atoms with Gasteiger partial charge < -0.3 is 14.6 Å². The van der Waals surface area contributed by atoms with E-state index >= 15 is 0 Å². The lowest BCUT2D eigenvalue weighted by atomic mass is 9.65. The van der Waals surface area contributed by atoms with Crippen LogP contribution in [0.5, 0.6) is 0 Å². The zero-order valence-corrected chi connectivity index (χ0v) is 14.0. The number of likely N-dealkylation sites (N-methyl/N-ethyl adjacent to an activating group) is 1. The number of hydrogen-bond acceptors (Lipinski definition) is 4. The standard InChI is InChI=1S/C19H21N3O2/c1-22-11-19(6-7-20,18(23)24-2)9-14-13-4-3-5-15-17(13)12(10-21-15)8-16(14)22/h3-5,10,14,16,21H,6,8-9,11H2,1-2H3/t14-,16-,19?/m0/s1. The predicted molar refractivity (Wildman–Crippen MR) is 90.5 cm³/mol. The molecule has 5 nitrogen and oxygen atoms in total. The first-order chi connectivity index (χ1) is 11.6. The Morgan fingerprint density at radius 1 is 1.54 bits per heavy atom. The third-order valence-corrected chi connectivity index (χ3v) is 5.88. The topological polar surface area (TPSA) is 69.1 Å². The summed E-state index contributed by atoms with van der Waals surface area (Å²) in [6, 6.07) is 8.91. The molecule has 1 aromatic heterocycles. The minimum absolute atomic E-state index is 0.198. The van der Waals surface area contributed by atoms with Crippen LogP contribution >= 0.6 is 0 Å². The highest BCUT2D eigenvalue weighted by Gasteiger charge is 2.51. The molecule has 2 aromatic rings. The summed E-state index contributed by atoms with van der Waals surface area (Å²) < 4.78 is 5.08. The maximum absolute atomic E-state index is 12.5. The van der Waals surface area contributed by atoms with E-state index in [4.69, 9.17) is 4.74 Å². The molecule has 1 aliphatic carbocycles. The van der Waals surface area contributed by atoms with Crippen molar-refractivity contribution < 1.29 is 9.53 Å². The molecule has 3 atom stereocenters. The van der Waals surface area contributed by atoms with Crippen LogP contribution in [0.15, 0.2) is 24.4 Å². The van der Waals surface area contributed by atoms with E-state index in [2.05, 4.69) is 47.4 Å². The molecule has 24 heavy (non-hydrogen) atoms. The van der Waals surface area contributed by atoms with Gasteiger partial charge in [-0.2, -0.15) is 5.26 Å². The number of aromatic nitrogens is 1. The first-order valence-corrected chi connectivity index (χ1v) is 8.34. The van der Waals surface area contributed by atoms with Crippen LogP contribution in [-0.4, -0.2) is 42.6 Å². The summed E-state index contributed by atoms with van der Waals surface area (Å²) in [6.45, 7) is 0.574. The van der Waals surface area contributed by atoms with Crippen molar-refractivity contribution in [2.24, 2.45) is 5.41 Å². The SMILES string of the molecule is COC(=O)C1(CC#N)C[C@H]2c3cccc4[nH]cc(c34)C[C@@H]2N(C)C1. The number of ether oxygens (including phenoxy) is 1. The van der Waals surface area contributed by atoms with Crippen molar-refractivity contribution in [3.05, 3.63) is 35.5 Å². The monoisotopic (exact) mass is 323 g/mol. The lowest BCUT2D eigenvalue weighted by Gasteiger charge is -2.49. The first-order valence-electron chi connectivity index (χ1n) is 8.34. The molecule has 1 N–H and O–H groups in total. The van der Waals surface area contributed by atoms with Crippen LogP contribution in [0.1, 0.15) is 29.9 Å². The van der Waals surface area contributed by atoms with Crippen molar-refractivity contribution in [3.8, 4) is 6.07 Å². The van der Waals surface area contributed by atoms with Gasteiger partial charge in [-0.15, -0.1) is 0 Å². The van der Waals surface area contributed by atoms with E-state index in [1.54, 1.807) is 0 Å². The predicted octanol–water partition coefficient (Wildman–Crippen LogP) is 2.58. The number of fused-ring (bicyclic) bond motifs is 2. The number of likely N-dealkylation sites (tertiary alicyclic amines) is 1. The number of H-pyrrole nitrogens is 1. The van der Waals surface area contributed by atoms with Gasteiger partial charge in [-0.1, -0.05) is 12.1 Å². The van der Waals surface area contributed by atoms with E-state index in [0.29, 0.717) is 19.0 Å². The Labute approximate surface area is 141 Å². The van der Waals surface area contributed by atoms with Gasteiger partial charge in [0, 0.05) is 35.6 Å². The van der Waals surface area contributed by atoms with E-state index in [-0.39, 0.29) is 18.3 Å². The van der Waals surface area contributed by atoms with Gasteiger partial charge in [0.2, 0.25) is 0 Å². The number of carbonyl (C=O) groups excluding carboxylic acids is 1. The molecule has 4 rings (SSSR count). The molecule has 1 saturated heterocycles. The average Bonchev–Trinajstić information content (AvgIpc) is 3.00. The number of nitrogens with one attached hydrogen (secondary N) is 1. The number of nitrogens with zero attached hydrogens (tertiary/aromatic N) is 2. The third kappa shape index (κ3) is 1.99. The Balaban J connectivity index is 1.84. The van der Waals surface area contributed by atoms with Gasteiger partial charge in [0.05, 0.1) is 25.0 Å². The molecular weight excluding hydrogens is 302 g/mol. The fourth-order valence-electron chi connectivity index (χ4n) is 4.84. The van der Waals surface area contributed by atoms with E-state index < -0.39 is 5.41 Å². The Kier molecular flexibility index (Phi) is 3.40. The van der Waals surface area contributed by atoms with Crippen LogP contribution in [0, 0.1) is 16.7 Å². The van der Waals surface area contributed by atoms with Crippen LogP contribution in [0.4, 0.5) is 0 Å². The largest absolute Gasteiger partial charge is 0.469 e. The molecule has 5 heteroatoms. The zero-order chi connectivity index (χ0) is 16.9. The minimum Gasteiger partial charge on any atom is -0.469 e. The Morgan fingerprint density at radius 2 is 2.38 bits per heavy atom. The number of piperidine rings is 1. The molecule has 0 bridgehead atoms. The number of aromatic amines is 1. The number of nitriles is 1. The summed E-state index contributed by atoms with van der Waals surface area (Å²) >= 11 is 0. The molecule has 1 unspecified atom stereocenters. The summed E-state index contributed by atoms with van der Waals surface area (Å²) in [5.74, 6) is -0.0235. The molecule has 2 heterocycles. The molecular formula is C19H21N3O2. The lowest BCUT2D eigenvalue weighted by Crippen LogP contribution is -2.55. The number of methoxy groups -OCH3 is 1. The van der Waals surface area contributed by atoms with E-state index in [1.165, 1.54) is 23.6 Å². The fourth-order valence-corrected chi connectivity index (χ4v) is 4.84. The summed E-state index contributed by atoms with van der Waals surface area (Å²) in [4.78, 5) is 18.1. The number of esters is 1. The Morgan fingerprint density at radius 3 is 3.12 bits per heavy atom. The molecule has 1 fully saturated rings. The van der Waals surface area contributed by atoms with E-state index in [1.807, 2.05) is 0 Å². The van der Waals surface area contributed by atoms with Gasteiger partial charge in [-0.25, -0.2) is 0 Å². The van der Waals surface area contributed by atoms with Crippen molar-refractivity contribution in [2.75, 3.05) is 20.7 Å². The van der Waals surface area contributed by atoms with Gasteiger partial charge in [0.1, 0.15) is 0 Å². The molecule has 0 amide bonds. The summed E-state index contributed by atoms with van der Waals surface area (Å²) in [6.07, 6.45) is 3.95. The molecule has 0 radical (unpaired) electrons. The third-order valence-electron chi connectivity index (χ3n) is 5.88. The van der Waals surface area contributed by atoms with Gasteiger partial charge in [0.15, 0.2) is 0 Å². The second-order valence-electron chi connectivity index (χ2n) is 7.19. The lowest BCUT2D eigenvalue weighted by molar-refractivity contribution is -0.157. The fraction of sp³-hybridized carbons (Fsp3) is 0.474. The van der Waals surface area contributed by atoms with Crippen LogP contribution in [0.25, 0.3) is 10.9 Å². The maximum atomic E-state index is 12.5. The second-order valence-corrected chi connectivity index (χ2v) is 7.19. The van der Waals surface area contributed by atoms with Crippen molar-refractivity contribution in [1.29, 1.82) is 5.26 Å². The Hall–Kier alpha value is -2.32. The molecule has 1 aliphatic heterocycles. The van der Waals surface area contributed by atoms with Crippen molar-refractivity contribution in [3.63, 3.8) is 0 Å². The highest BCUT2D eigenvalue weighted by Crippen LogP contribution is 2.49. The van der Waals surface area contributed by atoms with E-state index in [9.17, 15) is 10.1 Å². The average molecular weight is 323 g/mol. The quantitative estimate of drug-likeness (QED) is 0.863. The van der Waals surface area contributed by atoms with Crippen LogP contribution < -0.4 is 0 Å². The maximum Gasteiger partial charge on any atom is 0.314 e. The Bertz CT molecular complexity index is 850. The molecule has 0 spiro atoms. The smallest absolute Gasteiger partial charge is 0.314 e.